The van der Waals surface area contributed by atoms with Gasteiger partial charge in [-0.2, -0.15) is 0 Å². The monoisotopic (exact) mass is 412 g/mol. The Labute approximate surface area is 178 Å². The van der Waals surface area contributed by atoms with Gasteiger partial charge in [-0.05, 0) is 45.4 Å². The van der Waals surface area contributed by atoms with Crippen molar-refractivity contribution in [3.8, 4) is 0 Å². The third-order valence-corrected chi connectivity index (χ3v) is 6.08. The Morgan fingerprint density at radius 1 is 0.867 bits per heavy atom. The second-order valence-electron chi connectivity index (χ2n) is 8.61. The van der Waals surface area contributed by atoms with Crippen LogP contribution < -0.4 is 4.90 Å². The molecule has 0 bridgehead atoms. The van der Waals surface area contributed by atoms with E-state index in [0.717, 1.165) is 69.3 Å². The molecular formula is C22H32N6O2. The second-order valence-corrected chi connectivity index (χ2v) is 8.61. The second kappa shape index (κ2) is 8.65. The van der Waals surface area contributed by atoms with Crippen molar-refractivity contribution in [3.05, 3.63) is 36.0 Å². The number of nitrogens with zero attached hydrogens (tertiary/aromatic N) is 6. The van der Waals surface area contributed by atoms with E-state index in [9.17, 15) is 9.59 Å². The number of anilines is 1. The summed E-state index contributed by atoms with van der Waals surface area (Å²) in [7, 11) is 5.93. The summed E-state index contributed by atoms with van der Waals surface area (Å²) in [6.45, 7) is 6.86. The van der Waals surface area contributed by atoms with Crippen LogP contribution in [0.5, 0.6) is 0 Å². The van der Waals surface area contributed by atoms with Crippen molar-refractivity contribution in [1.82, 2.24) is 24.0 Å². The molecule has 162 valence electrons. The molecule has 0 radical (unpaired) electrons. The van der Waals surface area contributed by atoms with Gasteiger partial charge >= 0.3 is 0 Å². The van der Waals surface area contributed by atoms with Crippen molar-refractivity contribution in [1.29, 1.82) is 0 Å². The molecule has 0 saturated carbocycles. The van der Waals surface area contributed by atoms with E-state index >= 15 is 0 Å². The van der Waals surface area contributed by atoms with Crippen LogP contribution in [0.4, 0.5) is 5.82 Å². The minimum Gasteiger partial charge on any atom is -0.354 e. The van der Waals surface area contributed by atoms with Crippen LogP contribution in [0.1, 0.15) is 10.4 Å². The predicted octanol–water partition coefficient (Wildman–Crippen LogP) is 0.537. The molecular weight excluding hydrogens is 380 g/mol. The number of piperazine rings is 2. The van der Waals surface area contributed by atoms with Crippen LogP contribution in [0.3, 0.4) is 0 Å². The first-order chi connectivity index (χ1) is 14.4. The molecule has 0 atom stereocenters. The van der Waals surface area contributed by atoms with Crippen LogP contribution in [0.2, 0.25) is 0 Å². The van der Waals surface area contributed by atoms with Gasteiger partial charge in [0.2, 0.25) is 5.91 Å². The number of aromatic nitrogens is 1. The van der Waals surface area contributed by atoms with Crippen LogP contribution in [0, 0.1) is 0 Å². The smallest absolute Gasteiger partial charge is 0.255 e. The van der Waals surface area contributed by atoms with Crippen LogP contribution in [-0.2, 0) is 4.79 Å². The molecule has 2 aliphatic rings. The van der Waals surface area contributed by atoms with Gasteiger partial charge in [-0.1, -0.05) is 0 Å². The molecule has 0 unspecified atom stereocenters. The largest absolute Gasteiger partial charge is 0.354 e. The molecule has 0 aromatic carbocycles. The third-order valence-electron chi connectivity index (χ3n) is 6.08. The molecule has 2 saturated heterocycles. The fourth-order valence-corrected chi connectivity index (χ4v) is 4.22. The summed E-state index contributed by atoms with van der Waals surface area (Å²) in [4.78, 5) is 35.7. The van der Waals surface area contributed by atoms with Gasteiger partial charge < -0.3 is 28.9 Å². The minimum atomic E-state index is 0.101. The lowest BCUT2D eigenvalue weighted by molar-refractivity contribution is -0.132. The zero-order valence-electron chi connectivity index (χ0n) is 18.3. The van der Waals surface area contributed by atoms with Crippen molar-refractivity contribution in [2.45, 2.75) is 0 Å². The summed E-state index contributed by atoms with van der Waals surface area (Å²) in [6, 6.07) is 8.14. The van der Waals surface area contributed by atoms with Crippen molar-refractivity contribution in [3.63, 3.8) is 0 Å². The molecule has 0 N–H and O–H groups in total. The third kappa shape index (κ3) is 4.29. The van der Waals surface area contributed by atoms with Crippen LogP contribution >= 0.6 is 0 Å². The molecule has 2 aliphatic heterocycles. The van der Waals surface area contributed by atoms with Crippen LogP contribution in [0.15, 0.2) is 30.5 Å². The maximum absolute atomic E-state index is 13.0. The van der Waals surface area contributed by atoms with Gasteiger partial charge in [0.1, 0.15) is 5.82 Å². The zero-order valence-corrected chi connectivity index (χ0v) is 18.3. The number of carbonyl (C=O) groups is 2. The highest BCUT2D eigenvalue weighted by molar-refractivity contribution is 5.94. The maximum Gasteiger partial charge on any atom is 0.255 e. The van der Waals surface area contributed by atoms with Crippen LogP contribution in [-0.4, -0.2) is 116 Å². The molecule has 30 heavy (non-hydrogen) atoms. The summed E-state index contributed by atoms with van der Waals surface area (Å²) >= 11 is 0. The number of hydrogen-bond acceptors (Lipinski definition) is 5. The first-order valence-electron chi connectivity index (χ1n) is 10.7. The Morgan fingerprint density at radius 3 is 2.17 bits per heavy atom. The molecule has 2 aromatic rings. The molecule has 4 heterocycles. The highest BCUT2D eigenvalue weighted by Gasteiger charge is 2.24. The van der Waals surface area contributed by atoms with E-state index in [1.807, 2.05) is 47.1 Å². The minimum absolute atomic E-state index is 0.101. The zero-order chi connectivity index (χ0) is 21.3. The molecule has 8 heteroatoms. The van der Waals surface area contributed by atoms with Crippen molar-refractivity contribution < 1.29 is 9.59 Å². The average molecular weight is 413 g/mol. The van der Waals surface area contributed by atoms with Gasteiger partial charge in [0.15, 0.2) is 0 Å². The Kier molecular flexibility index (Phi) is 5.97. The van der Waals surface area contributed by atoms with E-state index in [1.165, 1.54) is 0 Å². The summed E-state index contributed by atoms with van der Waals surface area (Å²) in [6.07, 6.45) is 1.97. The first kappa shape index (κ1) is 20.7. The summed E-state index contributed by atoms with van der Waals surface area (Å²) in [5.41, 5.74) is 1.80. The van der Waals surface area contributed by atoms with E-state index in [1.54, 1.807) is 0 Å². The first-order valence-corrected chi connectivity index (χ1v) is 10.7. The quantitative estimate of drug-likeness (QED) is 0.734. The predicted molar refractivity (Wildman–Crippen MR) is 118 cm³/mol. The Morgan fingerprint density at radius 2 is 1.50 bits per heavy atom. The number of rotatable bonds is 4. The van der Waals surface area contributed by atoms with Gasteiger partial charge in [0.05, 0.1) is 12.1 Å². The maximum atomic E-state index is 13.0. The van der Waals surface area contributed by atoms with Gasteiger partial charge in [0, 0.05) is 64.1 Å². The number of amides is 2. The Balaban J connectivity index is 1.47. The fraction of sp³-hybridized carbons (Fsp3) is 0.545. The normalized spacial score (nSPS) is 18.5. The number of likely N-dealkylation sites (N-methyl/N-ethyl adjacent to an activating group) is 2. The number of pyridine rings is 1. The number of fused-ring (bicyclic) bond motifs is 1. The molecule has 0 aliphatic carbocycles. The number of carbonyl (C=O) groups excluding carboxylic acids is 2. The summed E-state index contributed by atoms with van der Waals surface area (Å²) in [5, 5.41) is 0. The average Bonchev–Trinajstić information content (AvgIpc) is 3.16. The number of hydrogen-bond donors (Lipinski definition) is 0. The van der Waals surface area contributed by atoms with Gasteiger partial charge in [-0.15, -0.1) is 0 Å². The molecule has 2 fully saturated rings. The highest BCUT2D eigenvalue weighted by atomic mass is 16.2. The van der Waals surface area contributed by atoms with E-state index < -0.39 is 0 Å². The molecule has 2 aromatic heterocycles. The van der Waals surface area contributed by atoms with E-state index in [2.05, 4.69) is 33.4 Å². The molecule has 8 nitrogen and oxygen atoms in total. The van der Waals surface area contributed by atoms with Crippen molar-refractivity contribution >= 4 is 23.1 Å². The van der Waals surface area contributed by atoms with Crippen molar-refractivity contribution in [2.75, 3.05) is 84.9 Å². The Hall–Kier alpha value is -2.58. The topological polar surface area (TPSA) is 54.8 Å². The molecule has 2 amide bonds. The van der Waals surface area contributed by atoms with E-state index in [4.69, 9.17) is 0 Å². The van der Waals surface area contributed by atoms with E-state index in [0.29, 0.717) is 6.54 Å². The van der Waals surface area contributed by atoms with Gasteiger partial charge in [0.25, 0.3) is 5.91 Å². The lowest BCUT2D eigenvalue weighted by atomic mass is 10.2. The van der Waals surface area contributed by atoms with Gasteiger partial charge in [-0.25, -0.2) is 0 Å². The molecule has 4 rings (SSSR count). The van der Waals surface area contributed by atoms with E-state index in [-0.39, 0.29) is 11.8 Å². The lowest BCUT2D eigenvalue weighted by Crippen LogP contribution is -2.51. The molecule has 0 spiro atoms. The fourth-order valence-electron chi connectivity index (χ4n) is 4.22. The van der Waals surface area contributed by atoms with Gasteiger partial charge in [-0.3, -0.25) is 9.59 Å². The lowest BCUT2D eigenvalue weighted by Gasteiger charge is -2.36. The summed E-state index contributed by atoms with van der Waals surface area (Å²) in [5.74, 6) is 1.36. The highest BCUT2D eigenvalue weighted by Crippen LogP contribution is 2.22. The SMILES string of the molecule is CN(C)CC(=O)N1CCN(c2ccc3ccc(C(=O)N4CCN(C)CC4)cn23)CC1. The standard InChI is InChI=1S/C22H32N6O2/c1-23(2)17-21(29)26-14-12-25(13-15-26)20-7-6-19-5-4-18(16-28(19)20)22(30)27-10-8-24(3)9-11-27/h4-7,16H,8-15,17H2,1-3H3. The van der Waals surface area contributed by atoms with Crippen LogP contribution in [0.25, 0.3) is 5.52 Å². The Bertz CT molecular complexity index is 907. The van der Waals surface area contributed by atoms with Crippen molar-refractivity contribution in [2.24, 2.45) is 0 Å². The summed E-state index contributed by atoms with van der Waals surface area (Å²) < 4.78 is 2.11.